The standard InChI is InChI=1S/C17H27BO3/c1-11(19)21-10-17-9-16(17)8-6-13(18)14(2,3)12(16)5-7-15(17,4)20/h12-13,20H,5-10H2,1-4H3/t12-,13+,15+,16?,17+/m1/s1. The van der Waals surface area contributed by atoms with Gasteiger partial charge in [0, 0.05) is 12.3 Å². The van der Waals surface area contributed by atoms with E-state index in [9.17, 15) is 9.90 Å². The summed E-state index contributed by atoms with van der Waals surface area (Å²) >= 11 is 0. The lowest BCUT2D eigenvalue weighted by atomic mass is 9.46. The van der Waals surface area contributed by atoms with Crippen LogP contribution in [0.2, 0.25) is 5.82 Å². The van der Waals surface area contributed by atoms with Crippen LogP contribution in [-0.4, -0.2) is 31.1 Å². The van der Waals surface area contributed by atoms with E-state index in [4.69, 9.17) is 12.6 Å². The van der Waals surface area contributed by atoms with E-state index < -0.39 is 5.60 Å². The van der Waals surface area contributed by atoms with Gasteiger partial charge in [0.15, 0.2) is 0 Å². The van der Waals surface area contributed by atoms with Gasteiger partial charge in [-0.05, 0) is 49.4 Å². The van der Waals surface area contributed by atoms with Crippen LogP contribution in [-0.2, 0) is 9.53 Å². The second-order valence-electron chi connectivity index (χ2n) is 8.53. The molecule has 0 aliphatic heterocycles. The van der Waals surface area contributed by atoms with Crippen molar-refractivity contribution in [2.24, 2.45) is 22.2 Å². The molecule has 0 heterocycles. The van der Waals surface area contributed by atoms with Crippen LogP contribution in [0.25, 0.3) is 0 Å². The lowest BCUT2D eigenvalue weighted by molar-refractivity contribution is -0.160. The topological polar surface area (TPSA) is 46.5 Å². The highest BCUT2D eigenvalue weighted by Gasteiger charge is 2.80. The van der Waals surface area contributed by atoms with Crippen LogP contribution in [0, 0.1) is 22.2 Å². The van der Waals surface area contributed by atoms with Crippen molar-refractivity contribution in [3.8, 4) is 0 Å². The summed E-state index contributed by atoms with van der Waals surface area (Å²) in [6.07, 6.45) is 4.83. The second-order valence-corrected chi connectivity index (χ2v) is 8.53. The lowest BCUT2D eigenvalue weighted by Gasteiger charge is -2.56. The van der Waals surface area contributed by atoms with Crippen molar-refractivity contribution in [2.45, 2.75) is 71.2 Å². The number of carbonyl (C=O) groups excluding carboxylic acids is 1. The molecule has 1 N–H and O–H groups in total. The van der Waals surface area contributed by atoms with Crippen molar-refractivity contribution >= 4 is 13.8 Å². The maximum atomic E-state index is 11.3. The van der Waals surface area contributed by atoms with Gasteiger partial charge >= 0.3 is 5.97 Å². The average molecular weight is 290 g/mol. The van der Waals surface area contributed by atoms with Crippen LogP contribution in [0.3, 0.4) is 0 Å². The summed E-state index contributed by atoms with van der Waals surface area (Å²) in [7, 11) is 6.38. The van der Waals surface area contributed by atoms with E-state index in [-0.39, 0.29) is 28.0 Å². The first-order valence-electron chi connectivity index (χ1n) is 8.20. The van der Waals surface area contributed by atoms with Gasteiger partial charge in [-0.15, -0.1) is 0 Å². The van der Waals surface area contributed by atoms with E-state index in [1.165, 1.54) is 6.92 Å². The molecule has 0 aromatic carbocycles. The molecular weight excluding hydrogens is 263 g/mol. The first-order valence-corrected chi connectivity index (χ1v) is 8.20. The molecule has 5 atom stereocenters. The van der Waals surface area contributed by atoms with E-state index in [0.29, 0.717) is 12.5 Å². The van der Waals surface area contributed by atoms with Crippen LogP contribution in [0.4, 0.5) is 0 Å². The molecule has 116 valence electrons. The van der Waals surface area contributed by atoms with Gasteiger partial charge in [0.1, 0.15) is 6.61 Å². The van der Waals surface area contributed by atoms with Gasteiger partial charge in [-0.25, -0.2) is 0 Å². The zero-order valence-corrected chi connectivity index (χ0v) is 13.7. The van der Waals surface area contributed by atoms with E-state index >= 15 is 0 Å². The second kappa shape index (κ2) is 4.28. The highest BCUT2D eigenvalue weighted by atomic mass is 16.5. The molecule has 0 amide bonds. The highest BCUT2D eigenvalue weighted by molar-refractivity contribution is 6.12. The molecule has 0 aromatic heterocycles. The molecule has 21 heavy (non-hydrogen) atoms. The third-order valence-electron chi connectivity index (χ3n) is 7.34. The fourth-order valence-corrected chi connectivity index (χ4v) is 5.82. The summed E-state index contributed by atoms with van der Waals surface area (Å²) in [5, 5.41) is 11.0. The molecule has 1 spiro atoms. The van der Waals surface area contributed by atoms with Crippen molar-refractivity contribution < 1.29 is 14.6 Å². The van der Waals surface area contributed by atoms with Crippen molar-refractivity contribution in [2.75, 3.05) is 6.61 Å². The number of hydrogen-bond acceptors (Lipinski definition) is 3. The van der Waals surface area contributed by atoms with E-state index in [0.717, 1.165) is 32.1 Å². The molecule has 3 aliphatic carbocycles. The lowest BCUT2D eigenvalue weighted by Crippen LogP contribution is -2.54. The van der Waals surface area contributed by atoms with Gasteiger partial charge in [0.2, 0.25) is 0 Å². The van der Waals surface area contributed by atoms with Gasteiger partial charge in [0.25, 0.3) is 0 Å². The van der Waals surface area contributed by atoms with Crippen LogP contribution in [0.1, 0.15) is 59.8 Å². The summed E-state index contributed by atoms with van der Waals surface area (Å²) in [6.45, 7) is 8.29. The van der Waals surface area contributed by atoms with E-state index in [2.05, 4.69) is 13.8 Å². The van der Waals surface area contributed by atoms with Crippen LogP contribution in [0.15, 0.2) is 0 Å². The predicted octanol–water partition coefficient (Wildman–Crippen LogP) is 2.86. The van der Waals surface area contributed by atoms with Crippen LogP contribution in [0.5, 0.6) is 0 Å². The Labute approximate surface area is 129 Å². The molecule has 3 rings (SSSR count). The number of rotatable bonds is 2. The van der Waals surface area contributed by atoms with E-state index in [1.807, 2.05) is 6.92 Å². The van der Waals surface area contributed by atoms with E-state index in [1.54, 1.807) is 0 Å². The fourth-order valence-electron chi connectivity index (χ4n) is 5.82. The Hall–Kier alpha value is -0.505. The van der Waals surface area contributed by atoms with Crippen molar-refractivity contribution in [1.82, 2.24) is 0 Å². The molecule has 2 radical (unpaired) electrons. The molecule has 0 saturated heterocycles. The number of esters is 1. The molecule has 0 bridgehead atoms. The minimum absolute atomic E-state index is 0.0900. The van der Waals surface area contributed by atoms with Gasteiger partial charge in [-0.3, -0.25) is 4.79 Å². The molecule has 3 saturated carbocycles. The minimum atomic E-state index is -0.740. The normalized spacial score (nSPS) is 50.7. The molecule has 3 nitrogen and oxygen atoms in total. The zero-order chi connectivity index (χ0) is 15.7. The van der Waals surface area contributed by atoms with Gasteiger partial charge in [-0.2, -0.15) is 0 Å². The van der Waals surface area contributed by atoms with Gasteiger partial charge in [-0.1, -0.05) is 26.1 Å². The quantitative estimate of drug-likeness (QED) is 0.628. The summed E-state index contributed by atoms with van der Waals surface area (Å²) in [5.74, 6) is 0.490. The van der Waals surface area contributed by atoms with Crippen molar-refractivity contribution in [3.63, 3.8) is 0 Å². The predicted molar refractivity (Wildman–Crippen MR) is 82.0 cm³/mol. The molecule has 3 aliphatic rings. The third-order valence-corrected chi connectivity index (χ3v) is 7.34. The minimum Gasteiger partial charge on any atom is -0.465 e. The Balaban J connectivity index is 1.95. The molecule has 0 aromatic rings. The number of hydrogen-bond donors (Lipinski definition) is 1. The van der Waals surface area contributed by atoms with Crippen molar-refractivity contribution in [1.29, 1.82) is 0 Å². The number of aliphatic hydroxyl groups is 1. The molecule has 4 heteroatoms. The smallest absolute Gasteiger partial charge is 0.302 e. The summed E-state index contributed by atoms with van der Waals surface area (Å²) in [5.41, 5.74) is -0.793. The number of ether oxygens (including phenoxy) is 1. The average Bonchev–Trinajstić information content (AvgIpc) is 3.03. The Kier molecular flexibility index (Phi) is 3.13. The highest BCUT2D eigenvalue weighted by Crippen LogP contribution is 2.83. The van der Waals surface area contributed by atoms with Gasteiger partial charge in [0.05, 0.1) is 13.4 Å². The summed E-state index contributed by atoms with van der Waals surface area (Å²) in [6, 6.07) is 0. The Morgan fingerprint density at radius 3 is 2.57 bits per heavy atom. The summed E-state index contributed by atoms with van der Waals surface area (Å²) in [4.78, 5) is 11.3. The third kappa shape index (κ3) is 1.81. The largest absolute Gasteiger partial charge is 0.465 e. The molecular formula is C17H27BO3. The van der Waals surface area contributed by atoms with Crippen LogP contribution < -0.4 is 0 Å². The molecule has 3 fully saturated rings. The first kappa shape index (κ1) is 15.4. The van der Waals surface area contributed by atoms with Gasteiger partial charge < -0.3 is 9.84 Å². The summed E-state index contributed by atoms with van der Waals surface area (Å²) < 4.78 is 5.37. The van der Waals surface area contributed by atoms with Crippen LogP contribution >= 0.6 is 0 Å². The maximum absolute atomic E-state index is 11.3. The number of carbonyl (C=O) groups is 1. The zero-order valence-electron chi connectivity index (χ0n) is 13.7. The Morgan fingerprint density at radius 1 is 1.29 bits per heavy atom. The van der Waals surface area contributed by atoms with Crippen molar-refractivity contribution in [3.05, 3.63) is 0 Å². The Bertz CT molecular complexity index is 473. The monoisotopic (exact) mass is 290 g/mol. The molecule has 1 unspecified atom stereocenters. The fraction of sp³-hybridized carbons (Fsp3) is 0.941. The maximum Gasteiger partial charge on any atom is 0.302 e. The first-order chi connectivity index (χ1) is 9.59. The Morgan fingerprint density at radius 2 is 1.95 bits per heavy atom. The SMILES string of the molecule is [B][C@H]1CCC23C[C@]2(COC(C)=O)[C@@](C)(O)CC[C@@H]3C1(C)C.